The number of carbonyl (C=O) groups excluding carboxylic acids is 1. The SMILES string of the molecule is COc1ccc(C(=O)NCC(C)(C)N)cc1S(=O)(=O)N(C)C. The monoisotopic (exact) mass is 329 g/mol. The fourth-order valence-corrected chi connectivity index (χ4v) is 2.70. The molecule has 3 N–H and O–H groups in total. The molecule has 7 nitrogen and oxygen atoms in total. The Bertz CT molecular complexity index is 649. The van der Waals surface area contributed by atoms with Crippen LogP contribution < -0.4 is 15.8 Å². The first kappa shape index (κ1) is 18.4. The topological polar surface area (TPSA) is 102 Å². The Balaban J connectivity index is 3.18. The number of sulfonamides is 1. The molecule has 0 aliphatic heterocycles. The molecule has 0 fully saturated rings. The predicted octanol–water partition coefficient (Wildman–Crippen LogP) is 0.413. The fraction of sp³-hybridized carbons (Fsp3) is 0.500. The Kier molecular flexibility index (Phi) is 5.55. The number of ether oxygens (including phenoxy) is 1. The van der Waals surface area contributed by atoms with Gasteiger partial charge in [0.25, 0.3) is 5.91 Å². The van der Waals surface area contributed by atoms with Crippen LogP contribution in [0.15, 0.2) is 23.1 Å². The largest absolute Gasteiger partial charge is 0.495 e. The minimum absolute atomic E-state index is 0.0559. The number of methoxy groups -OCH3 is 1. The average molecular weight is 329 g/mol. The van der Waals surface area contributed by atoms with Gasteiger partial charge >= 0.3 is 0 Å². The Labute approximate surface area is 131 Å². The van der Waals surface area contributed by atoms with Crippen molar-refractivity contribution in [2.24, 2.45) is 5.73 Å². The molecule has 0 unspecified atom stereocenters. The first-order valence-corrected chi connectivity index (χ1v) is 8.10. The number of amides is 1. The smallest absolute Gasteiger partial charge is 0.251 e. The molecule has 0 spiro atoms. The van der Waals surface area contributed by atoms with Gasteiger partial charge in [0.05, 0.1) is 7.11 Å². The summed E-state index contributed by atoms with van der Waals surface area (Å²) in [4.78, 5) is 12.1. The predicted molar refractivity (Wildman–Crippen MR) is 84.5 cm³/mol. The maximum atomic E-state index is 12.3. The molecule has 0 saturated carbocycles. The first-order chi connectivity index (χ1) is 9.99. The second-order valence-electron chi connectivity index (χ2n) is 5.82. The van der Waals surface area contributed by atoms with E-state index in [0.717, 1.165) is 4.31 Å². The van der Waals surface area contributed by atoms with Crippen molar-refractivity contribution in [2.45, 2.75) is 24.3 Å². The molecule has 0 heterocycles. The van der Waals surface area contributed by atoms with Gasteiger partial charge in [-0.1, -0.05) is 0 Å². The molecular formula is C14H23N3O4S. The van der Waals surface area contributed by atoms with Crippen molar-refractivity contribution in [1.29, 1.82) is 0 Å². The molecule has 0 radical (unpaired) electrons. The number of nitrogens with zero attached hydrogens (tertiary/aromatic N) is 1. The van der Waals surface area contributed by atoms with Crippen molar-refractivity contribution in [3.63, 3.8) is 0 Å². The number of nitrogens with two attached hydrogens (primary N) is 1. The zero-order valence-corrected chi connectivity index (χ0v) is 14.3. The fourth-order valence-electron chi connectivity index (χ4n) is 1.63. The van der Waals surface area contributed by atoms with E-state index in [9.17, 15) is 13.2 Å². The first-order valence-electron chi connectivity index (χ1n) is 6.66. The molecule has 22 heavy (non-hydrogen) atoms. The van der Waals surface area contributed by atoms with Crippen LogP contribution in [0.4, 0.5) is 0 Å². The van der Waals surface area contributed by atoms with Gasteiger partial charge < -0.3 is 15.8 Å². The molecule has 0 saturated heterocycles. The Morgan fingerprint density at radius 1 is 1.36 bits per heavy atom. The highest BCUT2D eigenvalue weighted by Crippen LogP contribution is 2.26. The lowest BCUT2D eigenvalue weighted by Crippen LogP contribution is -2.45. The lowest BCUT2D eigenvalue weighted by molar-refractivity contribution is 0.0946. The van der Waals surface area contributed by atoms with Crippen molar-refractivity contribution in [3.05, 3.63) is 23.8 Å². The van der Waals surface area contributed by atoms with Crippen LogP contribution >= 0.6 is 0 Å². The van der Waals surface area contributed by atoms with Gasteiger partial charge in [-0.2, -0.15) is 0 Å². The molecule has 0 bridgehead atoms. The second kappa shape index (κ2) is 6.64. The van der Waals surface area contributed by atoms with E-state index in [1.54, 1.807) is 13.8 Å². The van der Waals surface area contributed by atoms with Crippen LogP contribution in [0.3, 0.4) is 0 Å². The number of benzene rings is 1. The zero-order chi connectivity index (χ0) is 17.1. The quantitative estimate of drug-likeness (QED) is 0.787. The van der Waals surface area contributed by atoms with Crippen LogP contribution in [0, 0.1) is 0 Å². The lowest BCUT2D eigenvalue weighted by atomic mass is 10.1. The number of nitrogens with one attached hydrogen (secondary N) is 1. The third-order valence-corrected chi connectivity index (χ3v) is 4.73. The van der Waals surface area contributed by atoms with Gasteiger partial charge in [-0.05, 0) is 32.0 Å². The minimum Gasteiger partial charge on any atom is -0.495 e. The molecular weight excluding hydrogens is 306 g/mol. The van der Waals surface area contributed by atoms with Crippen molar-refractivity contribution >= 4 is 15.9 Å². The number of hydrogen-bond acceptors (Lipinski definition) is 5. The van der Waals surface area contributed by atoms with Crippen LogP contribution in [-0.2, 0) is 10.0 Å². The molecule has 0 aliphatic rings. The Morgan fingerprint density at radius 2 is 1.95 bits per heavy atom. The normalized spacial score (nSPS) is 12.3. The van der Waals surface area contributed by atoms with E-state index in [2.05, 4.69) is 5.32 Å². The molecule has 0 aromatic heterocycles. The molecule has 8 heteroatoms. The summed E-state index contributed by atoms with van der Waals surface area (Å²) in [5.74, 6) is -0.208. The van der Waals surface area contributed by atoms with Gasteiger partial charge in [-0.25, -0.2) is 12.7 Å². The molecule has 1 amide bonds. The highest BCUT2D eigenvalue weighted by atomic mass is 32.2. The summed E-state index contributed by atoms with van der Waals surface area (Å²) in [7, 11) is 0.491. The van der Waals surface area contributed by atoms with Crippen LogP contribution in [0.25, 0.3) is 0 Å². The summed E-state index contributed by atoms with van der Waals surface area (Å²) in [5, 5.41) is 2.67. The van der Waals surface area contributed by atoms with Crippen molar-refractivity contribution in [1.82, 2.24) is 9.62 Å². The van der Waals surface area contributed by atoms with E-state index in [1.165, 1.54) is 39.4 Å². The number of hydrogen-bond donors (Lipinski definition) is 2. The molecule has 0 aliphatic carbocycles. The maximum absolute atomic E-state index is 12.3. The average Bonchev–Trinajstić information content (AvgIpc) is 2.43. The number of rotatable bonds is 6. The standard InChI is InChI=1S/C14H23N3O4S/c1-14(2,15)9-16-13(18)10-6-7-11(21-5)12(8-10)22(19,20)17(3)4/h6-8H,9,15H2,1-5H3,(H,16,18). The van der Waals surface area contributed by atoms with E-state index in [0.29, 0.717) is 0 Å². The maximum Gasteiger partial charge on any atom is 0.251 e. The highest BCUT2D eigenvalue weighted by molar-refractivity contribution is 7.89. The summed E-state index contributed by atoms with van der Waals surface area (Å²) in [6, 6.07) is 4.26. The summed E-state index contributed by atoms with van der Waals surface area (Å²) in [6.45, 7) is 3.83. The van der Waals surface area contributed by atoms with E-state index in [-0.39, 0.29) is 22.8 Å². The Hall–Kier alpha value is -1.64. The minimum atomic E-state index is -3.72. The molecule has 0 atom stereocenters. The van der Waals surface area contributed by atoms with Crippen LogP contribution in [0.1, 0.15) is 24.2 Å². The third-order valence-electron chi connectivity index (χ3n) is 2.89. The van der Waals surface area contributed by atoms with Crippen LogP contribution in [0.2, 0.25) is 0 Å². The van der Waals surface area contributed by atoms with Gasteiger partial charge in [-0.3, -0.25) is 4.79 Å². The van der Waals surface area contributed by atoms with Crippen molar-refractivity contribution in [2.75, 3.05) is 27.7 Å². The van der Waals surface area contributed by atoms with Crippen LogP contribution in [0.5, 0.6) is 5.75 Å². The highest BCUT2D eigenvalue weighted by Gasteiger charge is 2.24. The van der Waals surface area contributed by atoms with E-state index in [4.69, 9.17) is 10.5 Å². The van der Waals surface area contributed by atoms with E-state index >= 15 is 0 Å². The number of carbonyl (C=O) groups is 1. The Morgan fingerprint density at radius 3 is 2.41 bits per heavy atom. The molecule has 1 aromatic rings. The van der Waals surface area contributed by atoms with Crippen molar-refractivity contribution < 1.29 is 17.9 Å². The molecule has 124 valence electrons. The van der Waals surface area contributed by atoms with Gasteiger partial charge in [0.15, 0.2) is 0 Å². The van der Waals surface area contributed by atoms with Gasteiger partial charge in [0.2, 0.25) is 10.0 Å². The van der Waals surface area contributed by atoms with Crippen molar-refractivity contribution in [3.8, 4) is 5.75 Å². The van der Waals surface area contributed by atoms with E-state index < -0.39 is 21.5 Å². The third kappa shape index (κ3) is 4.43. The summed E-state index contributed by atoms with van der Waals surface area (Å²) < 4.78 is 30.7. The van der Waals surface area contributed by atoms with Gasteiger partial charge in [-0.15, -0.1) is 0 Å². The molecule has 1 rings (SSSR count). The summed E-state index contributed by atoms with van der Waals surface area (Å²) in [5.41, 5.74) is 5.48. The van der Waals surface area contributed by atoms with E-state index in [1.807, 2.05) is 0 Å². The summed E-state index contributed by atoms with van der Waals surface area (Å²) in [6.07, 6.45) is 0. The van der Waals surface area contributed by atoms with Gasteiger partial charge in [0.1, 0.15) is 10.6 Å². The molecule has 1 aromatic carbocycles. The lowest BCUT2D eigenvalue weighted by Gasteiger charge is -2.19. The summed E-state index contributed by atoms with van der Waals surface area (Å²) >= 11 is 0. The van der Waals surface area contributed by atoms with Crippen LogP contribution in [-0.4, -0.2) is 51.9 Å². The van der Waals surface area contributed by atoms with Gasteiger partial charge in [0, 0.05) is 31.7 Å². The second-order valence-corrected chi connectivity index (χ2v) is 7.94. The zero-order valence-electron chi connectivity index (χ0n) is 13.5.